The van der Waals surface area contributed by atoms with Crippen molar-refractivity contribution in [3.8, 4) is 0 Å². The predicted molar refractivity (Wildman–Crippen MR) is 118 cm³/mol. The summed E-state index contributed by atoms with van der Waals surface area (Å²) in [4.78, 5) is 25.8. The van der Waals surface area contributed by atoms with Gasteiger partial charge in [0.1, 0.15) is 11.6 Å². The molecule has 0 saturated heterocycles. The molecule has 0 aromatic rings. The molecule has 8 unspecified atom stereocenters. The van der Waals surface area contributed by atoms with Crippen molar-refractivity contribution >= 4 is 11.6 Å². The van der Waals surface area contributed by atoms with E-state index in [2.05, 4.69) is 34.6 Å². The summed E-state index contributed by atoms with van der Waals surface area (Å²) in [6.07, 6.45) is 12.3. The molecule has 0 aromatic heterocycles. The molecule has 4 saturated carbocycles. The van der Waals surface area contributed by atoms with Crippen molar-refractivity contribution in [1.82, 2.24) is 0 Å². The molecule has 164 valence electrons. The van der Waals surface area contributed by atoms with E-state index in [1.807, 2.05) is 0 Å². The average Bonchev–Trinajstić information content (AvgIpc) is 2.98. The summed E-state index contributed by atoms with van der Waals surface area (Å²) in [5.41, 5.74) is 0.319. The third-order valence-corrected chi connectivity index (χ3v) is 10.4. The second kappa shape index (κ2) is 7.79. The van der Waals surface area contributed by atoms with Gasteiger partial charge in [-0.2, -0.15) is 0 Å². The first-order valence-electron chi connectivity index (χ1n) is 12.7. The van der Waals surface area contributed by atoms with Crippen LogP contribution < -0.4 is 0 Å². The second-order valence-electron chi connectivity index (χ2n) is 12.4. The van der Waals surface area contributed by atoms with Crippen LogP contribution in [0.15, 0.2) is 0 Å². The van der Waals surface area contributed by atoms with Crippen LogP contribution in [0.3, 0.4) is 0 Å². The lowest BCUT2D eigenvalue weighted by molar-refractivity contribution is -0.161. The zero-order chi connectivity index (χ0) is 21.0. The first kappa shape index (κ1) is 21.6. The summed E-state index contributed by atoms with van der Waals surface area (Å²) in [5.74, 6) is 5.29. The quantitative estimate of drug-likeness (QED) is 0.505. The molecule has 0 aromatic carbocycles. The summed E-state index contributed by atoms with van der Waals surface area (Å²) in [7, 11) is 0. The van der Waals surface area contributed by atoms with Crippen molar-refractivity contribution in [3.63, 3.8) is 0 Å². The van der Waals surface area contributed by atoms with Crippen LogP contribution >= 0.6 is 0 Å². The van der Waals surface area contributed by atoms with E-state index in [9.17, 15) is 9.59 Å². The Morgan fingerprint density at radius 3 is 2.45 bits per heavy atom. The van der Waals surface area contributed by atoms with E-state index in [1.165, 1.54) is 44.9 Å². The van der Waals surface area contributed by atoms with Crippen LogP contribution in [0.4, 0.5) is 0 Å². The van der Waals surface area contributed by atoms with Crippen molar-refractivity contribution < 1.29 is 9.59 Å². The van der Waals surface area contributed by atoms with Crippen LogP contribution in [0, 0.1) is 52.3 Å². The van der Waals surface area contributed by atoms with Crippen LogP contribution in [0.2, 0.25) is 0 Å². The highest BCUT2D eigenvalue weighted by atomic mass is 16.1. The molecule has 2 heteroatoms. The molecule has 2 nitrogen and oxygen atoms in total. The van der Waals surface area contributed by atoms with Crippen LogP contribution in [0.5, 0.6) is 0 Å². The Morgan fingerprint density at radius 1 is 0.966 bits per heavy atom. The molecule has 0 N–H and O–H groups in total. The summed E-state index contributed by atoms with van der Waals surface area (Å²) in [5, 5.41) is 0. The highest BCUT2D eigenvalue weighted by molar-refractivity contribution is 5.85. The van der Waals surface area contributed by atoms with Gasteiger partial charge in [0.25, 0.3) is 0 Å². The van der Waals surface area contributed by atoms with Crippen molar-refractivity contribution in [2.75, 3.05) is 0 Å². The topological polar surface area (TPSA) is 34.1 Å². The molecule has 0 amide bonds. The number of ketones is 2. The van der Waals surface area contributed by atoms with Crippen LogP contribution in [0.1, 0.15) is 105 Å². The van der Waals surface area contributed by atoms with E-state index in [0.29, 0.717) is 29.8 Å². The van der Waals surface area contributed by atoms with E-state index in [1.54, 1.807) is 0 Å². The van der Waals surface area contributed by atoms with Gasteiger partial charge in [-0.05, 0) is 78.4 Å². The molecule has 0 heterocycles. The molecule has 4 aliphatic rings. The summed E-state index contributed by atoms with van der Waals surface area (Å²) >= 11 is 0. The van der Waals surface area contributed by atoms with E-state index < -0.39 is 0 Å². The number of hydrogen-bond donors (Lipinski definition) is 0. The Labute approximate surface area is 179 Å². The van der Waals surface area contributed by atoms with Gasteiger partial charge < -0.3 is 0 Å². The van der Waals surface area contributed by atoms with E-state index in [0.717, 1.165) is 42.9 Å². The lowest BCUT2D eigenvalue weighted by Crippen LogP contribution is -2.57. The maximum absolute atomic E-state index is 13.7. The lowest BCUT2D eigenvalue weighted by atomic mass is 9.44. The molecule has 0 spiro atoms. The molecule has 4 aliphatic carbocycles. The minimum absolute atomic E-state index is 0.0935. The number of carbonyl (C=O) groups is 2. The monoisotopic (exact) mass is 400 g/mol. The number of fused-ring (bicyclic) bond motifs is 5. The third-order valence-electron chi connectivity index (χ3n) is 10.4. The molecular formula is C27H44O2. The second-order valence-corrected chi connectivity index (χ2v) is 12.4. The minimum Gasteiger partial charge on any atom is -0.300 e. The van der Waals surface area contributed by atoms with Gasteiger partial charge in [-0.3, -0.25) is 9.59 Å². The maximum Gasteiger partial charge on any atom is 0.137 e. The highest BCUT2D eigenvalue weighted by Gasteiger charge is 2.63. The zero-order valence-corrected chi connectivity index (χ0v) is 19.6. The van der Waals surface area contributed by atoms with Gasteiger partial charge in [-0.1, -0.05) is 53.9 Å². The van der Waals surface area contributed by atoms with Crippen molar-refractivity contribution in [3.05, 3.63) is 0 Å². The maximum atomic E-state index is 13.7. The highest BCUT2D eigenvalue weighted by Crippen LogP contribution is 2.67. The van der Waals surface area contributed by atoms with E-state index in [4.69, 9.17) is 0 Å². The molecule has 29 heavy (non-hydrogen) atoms. The van der Waals surface area contributed by atoms with Gasteiger partial charge >= 0.3 is 0 Å². The SMILES string of the molecule is CC(C)CCCC(C)C1CCC2C3CCC4CC(=O)CCC4(C)C3C(=O)CC12C. The van der Waals surface area contributed by atoms with Crippen LogP contribution in [-0.2, 0) is 9.59 Å². The van der Waals surface area contributed by atoms with Crippen LogP contribution in [-0.4, -0.2) is 11.6 Å². The van der Waals surface area contributed by atoms with Gasteiger partial charge in [0.05, 0.1) is 0 Å². The Balaban J connectivity index is 1.53. The Bertz CT molecular complexity index is 651. The lowest BCUT2D eigenvalue weighted by Gasteiger charge is -2.59. The fourth-order valence-corrected chi connectivity index (χ4v) is 8.88. The molecule has 0 radical (unpaired) electrons. The minimum atomic E-state index is 0.0935. The standard InChI is InChI=1S/C27H44O2/c1-17(2)7-6-8-18(3)22-11-12-23-21-10-9-19-15-20(28)13-14-26(19,4)25(21)24(29)16-27(22,23)5/h17-19,21-23,25H,6-16H2,1-5H3. The summed E-state index contributed by atoms with van der Waals surface area (Å²) in [6, 6.07) is 0. The van der Waals surface area contributed by atoms with Gasteiger partial charge in [0, 0.05) is 25.2 Å². The van der Waals surface area contributed by atoms with Crippen molar-refractivity contribution in [2.24, 2.45) is 52.3 Å². The smallest absolute Gasteiger partial charge is 0.137 e. The number of rotatable bonds is 5. The number of Topliss-reactive ketones (excluding diaryl/α,β-unsaturated/α-hetero) is 2. The predicted octanol–water partition coefficient (Wildman–Crippen LogP) is 6.86. The van der Waals surface area contributed by atoms with Crippen molar-refractivity contribution in [2.45, 2.75) is 105 Å². The van der Waals surface area contributed by atoms with Gasteiger partial charge in [-0.15, -0.1) is 0 Å². The normalized spacial score (nSPS) is 45.7. The molecule has 0 bridgehead atoms. The molecular weight excluding hydrogens is 356 g/mol. The molecule has 4 fully saturated rings. The van der Waals surface area contributed by atoms with E-state index >= 15 is 0 Å². The van der Waals surface area contributed by atoms with E-state index in [-0.39, 0.29) is 16.7 Å². The first-order chi connectivity index (χ1) is 13.7. The number of carbonyl (C=O) groups excluding carboxylic acids is 2. The number of hydrogen-bond acceptors (Lipinski definition) is 2. The molecule has 0 aliphatic heterocycles. The average molecular weight is 401 g/mol. The fraction of sp³-hybridized carbons (Fsp3) is 0.926. The largest absolute Gasteiger partial charge is 0.300 e. The summed E-state index contributed by atoms with van der Waals surface area (Å²) < 4.78 is 0. The third kappa shape index (κ3) is 3.55. The summed E-state index contributed by atoms with van der Waals surface area (Å²) in [6.45, 7) is 12.0. The Kier molecular flexibility index (Phi) is 5.79. The molecule has 4 rings (SSSR count). The zero-order valence-electron chi connectivity index (χ0n) is 19.6. The molecule has 8 atom stereocenters. The van der Waals surface area contributed by atoms with Crippen LogP contribution in [0.25, 0.3) is 0 Å². The van der Waals surface area contributed by atoms with Gasteiger partial charge in [0.15, 0.2) is 0 Å². The van der Waals surface area contributed by atoms with Gasteiger partial charge in [-0.25, -0.2) is 0 Å². The Morgan fingerprint density at radius 2 is 1.72 bits per heavy atom. The van der Waals surface area contributed by atoms with Crippen molar-refractivity contribution in [1.29, 1.82) is 0 Å². The first-order valence-corrected chi connectivity index (χ1v) is 12.7. The Hall–Kier alpha value is -0.660. The fourth-order valence-electron chi connectivity index (χ4n) is 8.88. The van der Waals surface area contributed by atoms with Gasteiger partial charge in [0.2, 0.25) is 0 Å².